The monoisotopic (exact) mass is 458 g/mol. The smallest absolute Gasteiger partial charge is 0.338 e. The molecule has 0 saturated carbocycles. The normalized spacial score (nSPS) is 20.7. The zero-order chi connectivity index (χ0) is 22.7. The number of thioether (sulfide) groups is 1. The van der Waals surface area contributed by atoms with Gasteiger partial charge >= 0.3 is 5.97 Å². The number of benzene rings is 1. The molecule has 1 atom stereocenters. The van der Waals surface area contributed by atoms with E-state index in [-0.39, 0.29) is 12.3 Å². The SMILES string of the molecule is COC(=O)C1=C(C)N=C2SC=C(CC(=O)NCCN3CCCC3)N2C1c1cccc(F)c1. The Hall–Kier alpha value is -2.65. The van der Waals surface area contributed by atoms with Gasteiger partial charge in [-0.05, 0) is 56.0 Å². The van der Waals surface area contributed by atoms with Crippen LogP contribution in [-0.4, -0.2) is 60.1 Å². The van der Waals surface area contributed by atoms with Crippen LogP contribution in [0.2, 0.25) is 0 Å². The summed E-state index contributed by atoms with van der Waals surface area (Å²) in [5.74, 6) is -1.02. The number of nitrogens with one attached hydrogen (secondary N) is 1. The molecule has 1 unspecified atom stereocenters. The molecule has 1 fully saturated rings. The molecule has 7 nitrogen and oxygen atoms in total. The van der Waals surface area contributed by atoms with Gasteiger partial charge in [0.25, 0.3) is 0 Å². The first kappa shape index (κ1) is 22.5. The summed E-state index contributed by atoms with van der Waals surface area (Å²) in [5.41, 5.74) is 2.18. The first-order valence-electron chi connectivity index (χ1n) is 10.7. The van der Waals surface area contributed by atoms with E-state index in [1.807, 2.05) is 10.3 Å². The number of likely N-dealkylation sites (tertiary alicyclic amines) is 1. The largest absolute Gasteiger partial charge is 0.466 e. The van der Waals surface area contributed by atoms with Crippen molar-refractivity contribution in [2.75, 3.05) is 33.3 Å². The minimum absolute atomic E-state index is 0.0961. The van der Waals surface area contributed by atoms with Gasteiger partial charge in [0.05, 0.1) is 30.8 Å². The Kier molecular flexibility index (Phi) is 6.95. The predicted molar refractivity (Wildman–Crippen MR) is 122 cm³/mol. The topological polar surface area (TPSA) is 74.2 Å². The van der Waals surface area contributed by atoms with Crippen molar-refractivity contribution in [2.45, 2.75) is 32.2 Å². The van der Waals surface area contributed by atoms with E-state index in [2.05, 4.69) is 15.2 Å². The van der Waals surface area contributed by atoms with Gasteiger partial charge in [0, 0.05) is 18.8 Å². The van der Waals surface area contributed by atoms with E-state index in [0.717, 1.165) is 25.3 Å². The second-order valence-corrected chi connectivity index (χ2v) is 8.85. The third kappa shape index (κ3) is 4.73. The molecule has 1 amide bonds. The molecule has 170 valence electrons. The highest BCUT2D eigenvalue weighted by Crippen LogP contribution is 2.44. The summed E-state index contributed by atoms with van der Waals surface area (Å²) >= 11 is 1.39. The Morgan fingerprint density at radius 1 is 1.31 bits per heavy atom. The average Bonchev–Trinajstić information content (AvgIpc) is 3.42. The third-order valence-electron chi connectivity index (χ3n) is 5.86. The van der Waals surface area contributed by atoms with Gasteiger partial charge < -0.3 is 19.9 Å². The number of carbonyl (C=O) groups is 2. The molecule has 0 bridgehead atoms. The number of nitrogens with zero attached hydrogens (tertiary/aromatic N) is 3. The Morgan fingerprint density at radius 3 is 2.81 bits per heavy atom. The quantitative estimate of drug-likeness (QED) is 0.633. The maximum absolute atomic E-state index is 14.1. The zero-order valence-corrected chi connectivity index (χ0v) is 19.1. The number of amidine groups is 1. The van der Waals surface area contributed by atoms with Gasteiger partial charge in [-0.25, -0.2) is 14.2 Å². The van der Waals surface area contributed by atoms with Crippen LogP contribution in [0.15, 0.2) is 51.6 Å². The number of allylic oxidation sites excluding steroid dienone is 1. The number of hydrogen-bond acceptors (Lipinski definition) is 7. The van der Waals surface area contributed by atoms with Crippen molar-refractivity contribution < 1.29 is 18.7 Å². The number of aliphatic imine (C=N–C) groups is 1. The summed E-state index contributed by atoms with van der Waals surface area (Å²) in [4.78, 5) is 34.1. The molecule has 3 aliphatic rings. The van der Waals surface area contributed by atoms with Gasteiger partial charge in [0.2, 0.25) is 5.91 Å². The average molecular weight is 459 g/mol. The summed E-state index contributed by atoms with van der Waals surface area (Å²) < 4.78 is 19.1. The fraction of sp³-hybridized carbons (Fsp3) is 0.435. The van der Waals surface area contributed by atoms with E-state index in [1.54, 1.807) is 19.1 Å². The zero-order valence-electron chi connectivity index (χ0n) is 18.3. The second-order valence-electron chi connectivity index (χ2n) is 8.02. The first-order valence-corrected chi connectivity index (χ1v) is 11.6. The van der Waals surface area contributed by atoms with Gasteiger partial charge in [0.15, 0.2) is 5.17 Å². The van der Waals surface area contributed by atoms with E-state index in [1.165, 1.54) is 43.8 Å². The minimum Gasteiger partial charge on any atom is -0.466 e. The van der Waals surface area contributed by atoms with Crippen LogP contribution in [0.5, 0.6) is 0 Å². The van der Waals surface area contributed by atoms with Crippen LogP contribution in [0.4, 0.5) is 4.39 Å². The summed E-state index contributed by atoms with van der Waals surface area (Å²) in [6, 6.07) is 5.52. The lowest BCUT2D eigenvalue weighted by Crippen LogP contribution is -2.38. The lowest BCUT2D eigenvalue weighted by Gasteiger charge is -2.36. The highest BCUT2D eigenvalue weighted by molar-refractivity contribution is 8.16. The summed E-state index contributed by atoms with van der Waals surface area (Å²) in [6.07, 6.45) is 2.57. The molecule has 32 heavy (non-hydrogen) atoms. The van der Waals surface area contributed by atoms with Gasteiger partial charge in [0.1, 0.15) is 5.82 Å². The molecular weight excluding hydrogens is 431 g/mol. The van der Waals surface area contributed by atoms with Crippen LogP contribution in [0.3, 0.4) is 0 Å². The van der Waals surface area contributed by atoms with Crippen LogP contribution in [0.1, 0.15) is 37.8 Å². The number of ether oxygens (including phenoxy) is 1. The highest BCUT2D eigenvalue weighted by Gasteiger charge is 2.41. The van der Waals surface area contributed by atoms with E-state index in [0.29, 0.717) is 28.5 Å². The Labute approximate surface area is 191 Å². The van der Waals surface area contributed by atoms with Gasteiger partial charge in [-0.1, -0.05) is 23.9 Å². The maximum atomic E-state index is 14.1. The molecule has 0 spiro atoms. The standard InChI is InChI=1S/C23H27FN4O3S/c1-15-20(22(30)31-2)21(16-6-5-7-17(24)12-16)28-18(14-32-23(28)26-15)13-19(29)25-8-11-27-9-3-4-10-27/h5-7,12,14,21H,3-4,8-11,13H2,1-2H3,(H,25,29). The molecule has 0 aliphatic carbocycles. The number of halogens is 1. The van der Waals surface area contributed by atoms with Crippen LogP contribution < -0.4 is 5.32 Å². The van der Waals surface area contributed by atoms with Crippen molar-refractivity contribution in [3.8, 4) is 0 Å². The number of carbonyl (C=O) groups excluding carboxylic acids is 2. The molecule has 9 heteroatoms. The van der Waals surface area contributed by atoms with Crippen LogP contribution >= 0.6 is 11.8 Å². The second kappa shape index (κ2) is 9.87. The molecule has 1 saturated heterocycles. The molecule has 1 N–H and O–H groups in total. The van der Waals surface area contributed by atoms with Crippen LogP contribution in [0.25, 0.3) is 0 Å². The molecular formula is C23H27FN4O3S. The Bertz CT molecular complexity index is 1000. The van der Waals surface area contributed by atoms with E-state index in [9.17, 15) is 14.0 Å². The van der Waals surface area contributed by atoms with Crippen molar-refractivity contribution in [1.29, 1.82) is 0 Å². The van der Waals surface area contributed by atoms with Crippen molar-refractivity contribution in [3.05, 3.63) is 58.0 Å². The fourth-order valence-electron chi connectivity index (χ4n) is 4.32. The summed E-state index contributed by atoms with van der Waals surface area (Å²) in [6.45, 7) is 5.36. The molecule has 3 heterocycles. The minimum atomic E-state index is -0.621. The molecule has 1 aromatic carbocycles. The molecule has 0 aromatic heterocycles. The first-order chi connectivity index (χ1) is 15.5. The van der Waals surface area contributed by atoms with Gasteiger partial charge in [-0.15, -0.1) is 0 Å². The van der Waals surface area contributed by atoms with Crippen molar-refractivity contribution in [1.82, 2.24) is 15.1 Å². The number of hydrogen-bond donors (Lipinski definition) is 1. The lowest BCUT2D eigenvalue weighted by atomic mass is 9.94. The number of esters is 1. The number of methoxy groups -OCH3 is 1. The molecule has 4 rings (SSSR count). The van der Waals surface area contributed by atoms with E-state index < -0.39 is 17.8 Å². The van der Waals surface area contributed by atoms with Crippen molar-refractivity contribution in [3.63, 3.8) is 0 Å². The number of rotatable bonds is 7. The number of amides is 1. The molecule has 1 aromatic rings. The Morgan fingerprint density at radius 2 is 2.09 bits per heavy atom. The number of fused-ring (bicyclic) bond motifs is 1. The Balaban J connectivity index is 1.54. The van der Waals surface area contributed by atoms with E-state index in [4.69, 9.17) is 4.74 Å². The maximum Gasteiger partial charge on any atom is 0.338 e. The van der Waals surface area contributed by atoms with Crippen LogP contribution in [-0.2, 0) is 14.3 Å². The third-order valence-corrected chi connectivity index (χ3v) is 6.75. The lowest BCUT2D eigenvalue weighted by molar-refractivity contribution is -0.136. The van der Waals surface area contributed by atoms with Crippen molar-refractivity contribution >= 4 is 28.8 Å². The summed E-state index contributed by atoms with van der Waals surface area (Å²) in [5, 5.41) is 5.52. The molecule has 3 aliphatic heterocycles. The van der Waals surface area contributed by atoms with Gasteiger partial charge in [-0.2, -0.15) is 0 Å². The molecule has 0 radical (unpaired) electrons. The fourth-order valence-corrected chi connectivity index (χ4v) is 5.28. The van der Waals surface area contributed by atoms with Crippen LogP contribution in [0, 0.1) is 5.82 Å². The predicted octanol–water partition coefficient (Wildman–Crippen LogP) is 3.18. The summed E-state index contributed by atoms with van der Waals surface area (Å²) in [7, 11) is 1.31. The van der Waals surface area contributed by atoms with Gasteiger partial charge in [-0.3, -0.25) is 4.79 Å². The highest BCUT2D eigenvalue weighted by atomic mass is 32.2. The van der Waals surface area contributed by atoms with E-state index >= 15 is 0 Å². The van der Waals surface area contributed by atoms with Crippen molar-refractivity contribution in [2.24, 2.45) is 4.99 Å².